The number of hydrogen-bond acceptors (Lipinski definition) is 4. The minimum Gasteiger partial charge on any atom is -0.393 e. The molecular formula is C8H8KN2S2-. The molecule has 0 aromatic carbocycles. The van der Waals surface area contributed by atoms with Crippen LogP contribution >= 0.6 is 22.7 Å². The van der Waals surface area contributed by atoms with E-state index in [1.807, 2.05) is 12.3 Å². The smallest absolute Gasteiger partial charge is 0.393 e. The van der Waals surface area contributed by atoms with Crippen LogP contribution in [0.4, 0.5) is 0 Å². The van der Waals surface area contributed by atoms with Crippen LogP contribution in [0.1, 0.15) is 5.01 Å². The van der Waals surface area contributed by atoms with E-state index in [4.69, 9.17) is 0 Å². The normalized spacial score (nSPS) is 8.69. The van der Waals surface area contributed by atoms with Crippen molar-refractivity contribution in [3.8, 4) is 10.6 Å². The summed E-state index contributed by atoms with van der Waals surface area (Å²) in [6.45, 7) is 2.00. The summed E-state index contributed by atoms with van der Waals surface area (Å²) in [5.41, 5.74) is 3.81. The van der Waals surface area contributed by atoms with Crippen LogP contribution in [0.25, 0.3) is 10.6 Å². The fourth-order valence-electron chi connectivity index (χ4n) is 0.782. The molecule has 0 N–H and O–H groups in total. The molecular weight excluding hydrogens is 227 g/mol. The molecule has 0 unspecified atom stereocenters. The average molecular weight is 235 g/mol. The van der Waals surface area contributed by atoms with E-state index in [0.29, 0.717) is 0 Å². The maximum atomic E-state index is 4.32. The van der Waals surface area contributed by atoms with Gasteiger partial charge in [-0.05, 0) is 12.4 Å². The Kier molecular flexibility index (Phi) is 6.83. The molecule has 0 atom stereocenters. The Hall–Kier alpha value is 0.896. The molecule has 2 aromatic heterocycles. The summed E-state index contributed by atoms with van der Waals surface area (Å²) in [6, 6.07) is 0. The molecule has 0 amide bonds. The number of thiazole rings is 2. The molecule has 0 bridgehead atoms. The topological polar surface area (TPSA) is 25.8 Å². The second kappa shape index (κ2) is 6.39. The van der Waals surface area contributed by atoms with Crippen LogP contribution in [0.5, 0.6) is 0 Å². The van der Waals surface area contributed by atoms with Crippen molar-refractivity contribution in [2.75, 3.05) is 0 Å². The van der Waals surface area contributed by atoms with Gasteiger partial charge in [-0.1, -0.05) is 4.88 Å². The molecule has 2 aromatic rings. The number of nitrogens with zero attached hydrogens (tertiary/aromatic N) is 2. The van der Waals surface area contributed by atoms with Crippen LogP contribution in [0, 0.1) is 19.9 Å². The average Bonchev–Trinajstić information content (AvgIpc) is 2.55. The Labute approximate surface area is 129 Å². The van der Waals surface area contributed by atoms with Gasteiger partial charge in [-0.2, -0.15) is 0 Å². The molecule has 0 saturated heterocycles. The molecule has 2 heterocycles. The van der Waals surface area contributed by atoms with Crippen LogP contribution in [0.15, 0.2) is 11.6 Å². The maximum Gasteiger partial charge on any atom is 1.00 e. The van der Waals surface area contributed by atoms with Gasteiger partial charge in [0.05, 0.1) is 5.01 Å². The third kappa shape index (κ3) is 3.51. The molecule has 0 aliphatic heterocycles. The standard InChI is InChI=1S/C7H5N2S2.CH3.K/c1-5-9-6(3-10-5)7-2-8-4-11-7;;/h2-3H,1H3;1H3;/q2*-1;+1. The van der Waals surface area contributed by atoms with Crippen LogP contribution < -0.4 is 51.4 Å². The first-order valence-electron chi connectivity index (χ1n) is 3.10. The molecule has 2 rings (SSSR count). The van der Waals surface area contributed by atoms with E-state index in [2.05, 4.69) is 15.5 Å². The molecule has 0 aliphatic carbocycles. The van der Waals surface area contributed by atoms with Gasteiger partial charge in [0.25, 0.3) is 0 Å². The predicted molar refractivity (Wildman–Crippen MR) is 53.2 cm³/mol. The molecule has 0 radical (unpaired) electrons. The summed E-state index contributed by atoms with van der Waals surface area (Å²) in [7, 11) is 0. The van der Waals surface area contributed by atoms with E-state index >= 15 is 0 Å². The number of rotatable bonds is 1. The van der Waals surface area contributed by atoms with Crippen molar-refractivity contribution < 1.29 is 51.4 Å². The molecule has 0 saturated carbocycles. The number of aromatic nitrogens is 2. The molecule has 0 spiro atoms. The van der Waals surface area contributed by atoms with E-state index in [9.17, 15) is 0 Å². The summed E-state index contributed by atoms with van der Waals surface area (Å²) in [5.74, 6) is 0. The number of aryl methyl sites for hydroxylation is 1. The Bertz CT molecular complexity index is 343. The van der Waals surface area contributed by atoms with Crippen molar-refractivity contribution in [2.45, 2.75) is 6.92 Å². The third-order valence-corrected chi connectivity index (χ3v) is 2.77. The SMILES string of the molecule is Cc1nc(-c2cn[c-]s2)cs1.[CH3-].[K+]. The van der Waals surface area contributed by atoms with Crippen molar-refractivity contribution in [2.24, 2.45) is 0 Å². The van der Waals surface area contributed by atoms with E-state index < -0.39 is 0 Å². The molecule has 0 fully saturated rings. The van der Waals surface area contributed by atoms with Crippen LogP contribution in [0.3, 0.4) is 0 Å². The zero-order chi connectivity index (χ0) is 7.68. The maximum absolute atomic E-state index is 4.32. The van der Waals surface area contributed by atoms with E-state index in [0.717, 1.165) is 15.6 Å². The number of hydrogen-bond donors (Lipinski definition) is 0. The Morgan fingerprint density at radius 1 is 1.46 bits per heavy atom. The van der Waals surface area contributed by atoms with Crippen molar-refractivity contribution in [1.82, 2.24) is 9.97 Å². The van der Waals surface area contributed by atoms with Gasteiger partial charge < -0.3 is 12.4 Å². The first kappa shape index (κ1) is 13.9. The van der Waals surface area contributed by atoms with Crippen molar-refractivity contribution >= 4 is 22.7 Å². The summed E-state index contributed by atoms with van der Waals surface area (Å²) < 4.78 is 0. The van der Waals surface area contributed by atoms with E-state index in [1.165, 1.54) is 11.3 Å². The van der Waals surface area contributed by atoms with Gasteiger partial charge in [-0.15, -0.1) is 17.5 Å². The first-order valence-corrected chi connectivity index (χ1v) is 4.80. The van der Waals surface area contributed by atoms with Gasteiger partial charge in [0.15, 0.2) is 0 Å². The molecule has 13 heavy (non-hydrogen) atoms. The van der Waals surface area contributed by atoms with Gasteiger partial charge in [-0.25, -0.2) is 0 Å². The van der Waals surface area contributed by atoms with Gasteiger partial charge >= 0.3 is 51.4 Å². The monoisotopic (exact) mass is 235 g/mol. The molecule has 64 valence electrons. The summed E-state index contributed by atoms with van der Waals surface area (Å²) in [6.07, 6.45) is 1.79. The van der Waals surface area contributed by atoms with E-state index in [-0.39, 0.29) is 58.8 Å². The predicted octanol–water partition coefficient (Wildman–Crippen LogP) is -0.171. The minimum atomic E-state index is 0. The van der Waals surface area contributed by atoms with Gasteiger partial charge in [-0.3, -0.25) is 16.3 Å². The fourth-order valence-corrected chi connectivity index (χ4v) is 1.99. The Balaban J connectivity index is 0.000000720. The molecule has 2 nitrogen and oxygen atoms in total. The Morgan fingerprint density at radius 3 is 2.69 bits per heavy atom. The van der Waals surface area contributed by atoms with Crippen LogP contribution in [-0.4, -0.2) is 9.97 Å². The van der Waals surface area contributed by atoms with Gasteiger partial charge in [0, 0.05) is 11.1 Å². The Morgan fingerprint density at radius 2 is 2.23 bits per heavy atom. The first-order chi connectivity index (χ1) is 5.36. The van der Waals surface area contributed by atoms with Crippen molar-refractivity contribution in [1.29, 1.82) is 0 Å². The third-order valence-electron chi connectivity index (χ3n) is 1.26. The van der Waals surface area contributed by atoms with Crippen LogP contribution in [-0.2, 0) is 0 Å². The summed E-state index contributed by atoms with van der Waals surface area (Å²) in [5, 5.41) is 3.13. The largest absolute Gasteiger partial charge is 1.00 e. The zero-order valence-electron chi connectivity index (χ0n) is 7.87. The van der Waals surface area contributed by atoms with Crippen molar-refractivity contribution in [3.05, 3.63) is 29.5 Å². The van der Waals surface area contributed by atoms with Gasteiger partial charge in [0.1, 0.15) is 0 Å². The summed E-state index contributed by atoms with van der Waals surface area (Å²) >= 11 is 3.15. The molecule has 0 aliphatic rings. The fraction of sp³-hybridized carbons (Fsp3) is 0.125. The van der Waals surface area contributed by atoms with Crippen LogP contribution in [0.2, 0.25) is 0 Å². The van der Waals surface area contributed by atoms with Crippen molar-refractivity contribution in [3.63, 3.8) is 0 Å². The second-order valence-corrected chi connectivity index (χ2v) is 3.96. The summed E-state index contributed by atoms with van der Waals surface area (Å²) in [4.78, 5) is 9.28. The van der Waals surface area contributed by atoms with Gasteiger partial charge in [0.2, 0.25) is 0 Å². The second-order valence-electron chi connectivity index (χ2n) is 2.07. The minimum absolute atomic E-state index is 0. The molecule has 5 heteroatoms. The van der Waals surface area contributed by atoms with E-state index in [1.54, 1.807) is 17.5 Å². The quantitative estimate of drug-likeness (QED) is 0.507. The zero-order valence-corrected chi connectivity index (χ0v) is 12.6.